The van der Waals surface area contributed by atoms with Gasteiger partial charge in [-0.25, -0.2) is 4.79 Å². The summed E-state index contributed by atoms with van der Waals surface area (Å²) in [6.07, 6.45) is 3.15. The highest BCUT2D eigenvalue weighted by Gasteiger charge is 2.10. The molecule has 1 aromatic heterocycles. The Balaban J connectivity index is 1.70. The van der Waals surface area contributed by atoms with E-state index < -0.39 is 0 Å². The van der Waals surface area contributed by atoms with E-state index >= 15 is 0 Å². The van der Waals surface area contributed by atoms with Crippen LogP contribution >= 0.6 is 0 Å². The summed E-state index contributed by atoms with van der Waals surface area (Å²) in [6.45, 7) is 4.04. The minimum Gasteiger partial charge on any atom is -0.462 e. The number of amides is 1. The molecule has 3 aromatic rings. The standard InChI is InChI=1S/C22H21N3O3/c1-3-28-22(27)16-8-10-18(11-9-16)24-19-12-17(13-23-14-19)21(26)25-20-7-5-4-6-15(20)2/h4-14,24H,3H2,1-2H3,(H,25,26). The fourth-order valence-corrected chi connectivity index (χ4v) is 2.61. The number of rotatable bonds is 6. The van der Waals surface area contributed by atoms with Crippen molar-refractivity contribution in [1.82, 2.24) is 4.98 Å². The predicted octanol–water partition coefficient (Wildman–Crippen LogP) is 4.56. The van der Waals surface area contributed by atoms with Crippen LogP contribution in [-0.4, -0.2) is 23.5 Å². The predicted molar refractivity (Wildman–Crippen MR) is 109 cm³/mol. The maximum Gasteiger partial charge on any atom is 0.338 e. The number of pyridine rings is 1. The fraction of sp³-hybridized carbons (Fsp3) is 0.136. The smallest absolute Gasteiger partial charge is 0.338 e. The van der Waals surface area contributed by atoms with E-state index in [1.807, 2.05) is 31.2 Å². The molecule has 28 heavy (non-hydrogen) atoms. The molecule has 6 heteroatoms. The van der Waals surface area contributed by atoms with E-state index in [0.29, 0.717) is 23.4 Å². The number of aromatic nitrogens is 1. The number of ether oxygens (including phenoxy) is 1. The maximum atomic E-state index is 12.5. The lowest BCUT2D eigenvalue weighted by molar-refractivity contribution is 0.0526. The van der Waals surface area contributed by atoms with Gasteiger partial charge in [0.1, 0.15) is 0 Å². The van der Waals surface area contributed by atoms with Crippen LogP contribution in [0.25, 0.3) is 0 Å². The monoisotopic (exact) mass is 375 g/mol. The van der Waals surface area contributed by atoms with E-state index in [2.05, 4.69) is 15.6 Å². The van der Waals surface area contributed by atoms with E-state index in [1.165, 1.54) is 6.20 Å². The molecule has 0 atom stereocenters. The van der Waals surface area contributed by atoms with Gasteiger partial charge in [0.15, 0.2) is 0 Å². The van der Waals surface area contributed by atoms with Gasteiger partial charge in [0.05, 0.1) is 29.6 Å². The van der Waals surface area contributed by atoms with Crippen molar-refractivity contribution in [2.75, 3.05) is 17.2 Å². The van der Waals surface area contributed by atoms with Crippen LogP contribution in [0.5, 0.6) is 0 Å². The summed E-state index contributed by atoms with van der Waals surface area (Å²) < 4.78 is 4.97. The number of aryl methyl sites for hydroxylation is 1. The van der Waals surface area contributed by atoms with Gasteiger partial charge < -0.3 is 15.4 Å². The Hall–Kier alpha value is -3.67. The quantitative estimate of drug-likeness (QED) is 0.617. The van der Waals surface area contributed by atoms with Crippen LogP contribution in [0.2, 0.25) is 0 Å². The van der Waals surface area contributed by atoms with E-state index in [4.69, 9.17) is 4.74 Å². The lowest BCUT2D eigenvalue weighted by Gasteiger charge is -2.10. The van der Waals surface area contributed by atoms with E-state index in [0.717, 1.165) is 16.9 Å². The zero-order valence-electron chi connectivity index (χ0n) is 15.7. The number of esters is 1. The summed E-state index contributed by atoms with van der Waals surface area (Å²) in [5.41, 5.74) is 4.11. The van der Waals surface area contributed by atoms with Gasteiger partial charge in [-0.05, 0) is 55.8 Å². The second-order valence-corrected chi connectivity index (χ2v) is 6.15. The molecule has 6 nitrogen and oxygen atoms in total. The molecule has 1 heterocycles. The molecular formula is C22H21N3O3. The molecule has 0 fully saturated rings. The first kappa shape index (κ1) is 19.1. The third kappa shape index (κ3) is 4.73. The molecule has 0 spiro atoms. The van der Waals surface area contributed by atoms with Crippen LogP contribution in [0.4, 0.5) is 17.1 Å². The molecule has 0 unspecified atom stereocenters. The zero-order chi connectivity index (χ0) is 19.9. The van der Waals surface area contributed by atoms with Gasteiger partial charge in [0, 0.05) is 17.6 Å². The molecular weight excluding hydrogens is 354 g/mol. The van der Waals surface area contributed by atoms with Crippen LogP contribution in [0, 0.1) is 6.92 Å². The molecule has 0 aliphatic carbocycles. The second-order valence-electron chi connectivity index (χ2n) is 6.15. The molecule has 142 valence electrons. The van der Waals surface area contributed by atoms with Gasteiger partial charge in [-0.3, -0.25) is 9.78 Å². The average Bonchev–Trinajstić information content (AvgIpc) is 2.70. The third-order valence-electron chi connectivity index (χ3n) is 4.08. The van der Waals surface area contributed by atoms with Crippen LogP contribution in [0.1, 0.15) is 33.2 Å². The van der Waals surface area contributed by atoms with Crippen molar-refractivity contribution in [3.05, 3.63) is 83.7 Å². The molecule has 2 aromatic carbocycles. The van der Waals surface area contributed by atoms with Gasteiger partial charge in [-0.15, -0.1) is 0 Å². The lowest BCUT2D eigenvalue weighted by atomic mass is 10.2. The summed E-state index contributed by atoms with van der Waals surface area (Å²) >= 11 is 0. The molecule has 0 radical (unpaired) electrons. The number of anilines is 3. The van der Waals surface area contributed by atoms with E-state index in [1.54, 1.807) is 43.5 Å². The van der Waals surface area contributed by atoms with Crippen molar-refractivity contribution >= 4 is 28.9 Å². The van der Waals surface area contributed by atoms with Crippen molar-refractivity contribution in [3.8, 4) is 0 Å². The number of nitrogens with one attached hydrogen (secondary N) is 2. The molecule has 0 bridgehead atoms. The lowest BCUT2D eigenvalue weighted by Crippen LogP contribution is -2.13. The Kier molecular flexibility index (Phi) is 6.01. The topological polar surface area (TPSA) is 80.3 Å². The van der Waals surface area contributed by atoms with Gasteiger partial charge in [-0.2, -0.15) is 0 Å². The minimum absolute atomic E-state index is 0.233. The highest BCUT2D eigenvalue weighted by molar-refractivity contribution is 6.05. The molecule has 0 aliphatic rings. The maximum absolute atomic E-state index is 12.5. The van der Waals surface area contributed by atoms with Crippen molar-refractivity contribution in [3.63, 3.8) is 0 Å². The summed E-state index contributed by atoms with van der Waals surface area (Å²) in [5.74, 6) is -0.589. The van der Waals surface area contributed by atoms with Crippen LogP contribution in [-0.2, 0) is 4.74 Å². The molecule has 3 rings (SSSR count). The number of para-hydroxylation sites is 1. The largest absolute Gasteiger partial charge is 0.462 e. The van der Waals surface area contributed by atoms with Crippen molar-refractivity contribution in [2.45, 2.75) is 13.8 Å². The molecule has 1 amide bonds. The molecule has 0 aliphatic heterocycles. The Morgan fingerprint density at radius 2 is 1.71 bits per heavy atom. The third-order valence-corrected chi connectivity index (χ3v) is 4.08. The Bertz CT molecular complexity index is 984. The first-order chi connectivity index (χ1) is 13.6. The second kappa shape index (κ2) is 8.81. The summed E-state index contributed by atoms with van der Waals surface area (Å²) in [6, 6.07) is 16.2. The average molecular weight is 375 g/mol. The SMILES string of the molecule is CCOC(=O)c1ccc(Nc2cncc(C(=O)Nc3ccccc3C)c2)cc1. The van der Waals surface area contributed by atoms with Gasteiger partial charge in [0.25, 0.3) is 5.91 Å². The molecule has 0 saturated carbocycles. The summed E-state index contributed by atoms with van der Waals surface area (Å²) in [7, 11) is 0. The Labute approximate surface area is 163 Å². The number of carbonyl (C=O) groups is 2. The number of nitrogens with zero attached hydrogens (tertiary/aromatic N) is 1. The highest BCUT2D eigenvalue weighted by atomic mass is 16.5. The van der Waals surface area contributed by atoms with Crippen molar-refractivity contribution in [2.24, 2.45) is 0 Å². The molecule has 2 N–H and O–H groups in total. The van der Waals surface area contributed by atoms with Crippen molar-refractivity contribution < 1.29 is 14.3 Å². The number of carbonyl (C=O) groups excluding carboxylic acids is 2. The van der Waals surface area contributed by atoms with Gasteiger partial charge in [0.2, 0.25) is 0 Å². The van der Waals surface area contributed by atoms with Gasteiger partial charge in [-0.1, -0.05) is 18.2 Å². The molecule has 0 saturated heterocycles. The zero-order valence-corrected chi connectivity index (χ0v) is 15.7. The van der Waals surface area contributed by atoms with Crippen LogP contribution < -0.4 is 10.6 Å². The fourth-order valence-electron chi connectivity index (χ4n) is 2.61. The minimum atomic E-state index is -0.356. The van der Waals surface area contributed by atoms with E-state index in [9.17, 15) is 9.59 Å². The normalized spacial score (nSPS) is 10.2. The van der Waals surface area contributed by atoms with E-state index in [-0.39, 0.29) is 11.9 Å². The Morgan fingerprint density at radius 3 is 2.43 bits per heavy atom. The van der Waals surface area contributed by atoms with Crippen LogP contribution in [0.15, 0.2) is 67.0 Å². The number of hydrogen-bond acceptors (Lipinski definition) is 5. The first-order valence-corrected chi connectivity index (χ1v) is 8.93. The Morgan fingerprint density at radius 1 is 0.964 bits per heavy atom. The van der Waals surface area contributed by atoms with Crippen molar-refractivity contribution in [1.29, 1.82) is 0 Å². The number of hydrogen-bond donors (Lipinski definition) is 2. The highest BCUT2D eigenvalue weighted by Crippen LogP contribution is 2.19. The van der Waals surface area contributed by atoms with Gasteiger partial charge >= 0.3 is 5.97 Å². The first-order valence-electron chi connectivity index (χ1n) is 8.93. The summed E-state index contributed by atoms with van der Waals surface area (Å²) in [4.78, 5) is 28.4. The van der Waals surface area contributed by atoms with Crippen LogP contribution in [0.3, 0.4) is 0 Å². The number of benzene rings is 2. The summed E-state index contributed by atoms with van der Waals surface area (Å²) in [5, 5.41) is 6.07.